The average molecular weight is 240 g/mol. The maximum absolute atomic E-state index is 11.7. The van der Waals surface area contributed by atoms with Gasteiger partial charge in [-0.2, -0.15) is 0 Å². The van der Waals surface area contributed by atoms with E-state index >= 15 is 0 Å². The van der Waals surface area contributed by atoms with E-state index in [2.05, 4.69) is 6.58 Å². The summed E-state index contributed by atoms with van der Waals surface area (Å²) in [5.41, 5.74) is 5.92. The molecule has 2 aliphatic heterocycles. The van der Waals surface area contributed by atoms with Crippen LogP contribution in [0.25, 0.3) is 0 Å². The molecule has 2 aliphatic rings. The number of amides is 1. The van der Waals surface area contributed by atoms with Gasteiger partial charge in [-0.05, 0) is 25.7 Å². The molecule has 0 aliphatic carbocycles. The third-order valence-corrected chi connectivity index (χ3v) is 3.31. The molecular weight excluding hydrogens is 216 g/mol. The van der Waals surface area contributed by atoms with Crippen LogP contribution in [0.15, 0.2) is 12.7 Å². The van der Waals surface area contributed by atoms with Gasteiger partial charge in [-0.3, -0.25) is 0 Å². The summed E-state index contributed by atoms with van der Waals surface area (Å²) in [6.07, 6.45) is 5.37. The third kappa shape index (κ3) is 3.22. The van der Waals surface area contributed by atoms with Crippen LogP contribution in [0, 0.1) is 0 Å². The van der Waals surface area contributed by atoms with Gasteiger partial charge in [0.15, 0.2) is 0 Å². The molecule has 2 fully saturated rings. The van der Waals surface area contributed by atoms with E-state index < -0.39 is 0 Å². The van der Waals surface area contributed by atoms with Crippen LogP contribution in [0.4, 0.5) is 4.79 Å². The number of carbonyl (C=O) groups is 1. The summed E-state index contributed by atoms with van der Waals surface area (Å²) in [4.78, 5) is 13.6. The Kier molecular flexibility index (Phi) is 5.48. The summed E-state index contributed by atoms with van der Waals surface area (Å²) in [7, 11) is 0. The minimum atomic E-state index is -0.200. The van der Waals surface area contributed by atoms with E-state index in [1.165, 1.54) is 0 Å². The SMILES string of the molecule is C=CCOC(=O)N1C2CCC1CC(N)C2.CC. The summed E-state index contributed by atoms with van der Waals surface area (Å²) < 4.78 is 5.07. The van der Waals surface area contributed by atoms with Crippen molar-refractivity contribution in [3.8, 4) is 0 Å². The molecule has 98 valence electrons. The number of fused-ring (bicyclic) bond motifs is 2. The summed E-state index contributed by atoms with van der Waals surface area (Å²) in [5.74, 6) is 0. The Morgan fingerprint density at radius 1 is 1.41 bits per heavy atom. The van der Waals surface area contributed by atoms with Crippen LogP contribution in [0.5, 0.6) is 0 Å². The van der Waals surface area contributed by atoms with Crippen molar-refractivity contribution in [2.24, 2.45) is 5.73 Å². The normalized spacial score (nSPS) is 30.3. The van der Waals surface area contributed by atoms with E-state index in [0.717, 1.165) is 25.7 Å². The van der Waals surface area contributed by atoms with Crippen LogP contribution < -0.4 is 5.73 Å². The average Bonchev–Trinajstić information content (AvgIpc) is 2.61. The largest absolute Gasteiger partial charge is 0.445 e. The summed E-state index contributed by atoms with van der Waals surface area (Å²) in [5, 5.41) is 0. The van der Waals surface area contributed by atoms with Crippen molar-refractivity contribution in [1.29, 1.82) is 0 Å². The fraction of sp³-hybridized carbons (Fsp3) is 0.769. The van der Waals surface area contributed by atoms with Gasteiger partial charge < -0.3 is 15.4 Å². The van der Waals surface area contributed by atoms with Crippen LogP contribution in [0.3, 0.4) is 0 Å². The highest BCUT2D eigenvalue weighted by Gasteiger charge is 2.42. The quantitative estimate of drug-likeness (QED) is 0.753. The smallest absolute Gasteiger partial charge is 0.410 e. The topological polar surface area (TPSA) is 55.6 Å². The second kappa shape index (κ2) is 6.64. The standard InChI is InChI=1S/C11H18N2O2.C2H6/c1-2-5-15-11(14)13-9-3-4-10(13)7-8(12)6-9;1-2/h2,8-10H,1,3-7,12H2;1-2H3. The number of hydrogen-bond donors (Lipinski definition) is 1. The number of carbonyl (C=O) groups excluding carboxylic acids is 1. The van der Waals surface area contributed by atoms with E-state index in [1.54, 1.807) is 6.08 Å². The first kappa shape index (κ1) is 14.0. The van der Waals surface area contributed by atoms with Crippen LogP contribution in [-0.2, 0) is 4.74 Å². The van der Waals surface area contributed by atoms with Crippen molar-refractivity contribution in [2.45, 2.75) is 57.7 Å². The zero-order valence-electron chi connectivity index (χ0n) is 10.9. The van der Waals surface area contributed by atoms with Crippen molar-refractivity contribution in [2.75, 3.05) is 6.61 Å². The highest BCUT2D eigenvalue weighted by atomic mass is 16.6. The van der Waals surface area contributed by atoms with Gasteiger partial charge in [0.25, 0.3) is 0 Å². The molecule has 2 heterocycles. The van der Waals surface area contributed by atoms with E-state index in [4.69, 9.17) is 10.5 Å². The van der Waals surface area contributed by atoms with E-state index in [0.29, 0.717) is 18.7 Å². The first-order chi connectivity index (χ1) is 8.22. The number of piperidine rings is 1. The van der Waals surface area contributed by atoms with E-state index in [-0.39, 0.29) is 12.1 Å². The first-order valence-corrected chi connectivity index (χ1v) is 6.54. The molecule has 0 spiro atoms. The fourth-order valence-electron chi connectivity index (χ4n) is 2.72. The van der Waals surface area contributed by atoms with Crippen molar-refractivity contribution < 1.29 is 9.53 Å². The van der Waals surface area contributed by atoms with Gasteiger partial charge in [0.05, 0.1) is 0 Å². The lowest BCUT2D eigenvalue weighted by molar-refractivity contribution is 0.0733. The molecule has 4 nitrogen and oxygen atoms in total. The van der Waals surface area contributed by atoms with Crippen LogP contribution in [0.2, 0.25) is 0 Å². The third-order valence-electron chi connectivity index (χ3n) is 3.31. The molecule has 2 unspecified atom stereocenters. The predicted octanol–water partition coefficient (Wildman–Crippen LogP) is 2.29. The Hall–Kier alpha value is -1.03. The van der Waals surface area contributed by atoms with E-state index in [1.807, 2.05) is 18.7 Å². The second-order valence-corrected chi connectivity index (χ2v) is 4.39. The zero-order valence-corrected chi connectivity index (χ0v) is 10.9. The molecule has 0 saturated carbocycles. The highest BCUT2D eigenvalue weighted by molar-refractivity contribution is 5.69. The summed E-state index contributed by atoms with van der Waals surface area (Å²) >= 11 is 0. The minimum Gasteiger partial charge on any atom is -0.445 e. The van der Waals surface area contributed by atoms with Crippen LogP contribution >= 0.6 is 0 Å². The molecule has 2 atom stereocenters. The molecule has 2 rings (SSSR count). The monoisotopic (exact) mass is 240 g/mol. The van der Waals surface area contributed by atoms with Gasteiger partial charge in [0.2, 0.25) is 0 Å². The molecule has 0 aromatic rings. The van der Waals surface area contributed by atoms with Crippen LogP contribution in [0.1, 0.15) is 39.5 Å². The Balaban J connectivity index is 0.000000686. The highest BCUT2D eigenvalue weighted by Crippen LogP contribution is 2.35. The van der Waals surface area contributed by atoms with Gasteiger partial charge in [0, 0.05) is 18.1 Å². The molecule has 17 heavy (non-hydrogen) atoms. The first-order valence-electron chi connectivity index (χ1n) is 6.54. The Morgan fingerprint density at radius 3 is 2.41 bits per heavy atom. The van der Waals surface area contributed by atoms with Crippen molar-refractivity contribution in [3.63, 3.8) is 0 Å². The van der Waals surface area contributed by atoms with Crippen LogP contribution in [-0.4, -0.2) is 35.7 Å². The molecule has 2 N–H and O–H groups in total. The second-order valence-electron chi connectivity index (χ2n) is 4.39. The van der Waals surface area contributed by atoms with E-state index in [9.17, 15) is 4.79 Å². The van der Waals surface area contributed by atoms with Gasteiger partial charge in [0.1, 0.15) is 6.61 Å². The Morgan fingerprint density at radius 2 is 1.94 bits per heavy atom. The Bertz CT molecular complexity index is 254. The minimum absolute atomic E-state index is 0.200. The molecule has 0 aromatic heterocycles. The number of ether oxygens (including phenoxy) is 1. The van der Waals surface area contributed by atoms with Crippen molar-refractivity contribution in [3.05, 3.63) is 12.7 Å². The lowest BCUT2D eigenvalue weighted by atomic mass is 9.99. The fourth-order valence-corrected chi connectivity index (χ4v) is 2.72. The van der Waals surface area contributed by atoms with Crippen molar-refractivity contribution >= 4 is 6.09 Å². The number of nitrogens with two attached hydrogens (primary N) is 1. The van der Waals surface area contributed by atoms with Gasteiger partial charge >= 0.3 is 6.09 Å². The van der Waals surface area contributed by atoms with Gasteiger partial charge in [-0.1, -0.05) is 26.5 Å². The summed E-state index contributed by atoms with van der Waals surface area (Å²) in [6, 6.07) is 0.859. The molecule has 0 radical (unpaired) electrons. The zero-order chi connectivity index (χ0) is 12.8. The maximum atomic E-state index is 11.7. The molecule has 4 heteroatoms. The molecule has 2 bridgehead atoms. The number of hydrogen-bond acceptors (Lipinski definition) is 3. The lowest BCUT2D eigenvalue weighted by Crippen LogP contribution is -2.50. The molecule has 2 saturated heterocycles. The lowest BCUT2D eigenvalue weighted by Gasteiger charge is -2.36. The van der Waals surface area contributed by atoms with Gasteiger partial charge in [-0.15, -0.1) is 0 Å². The number of nitrogens with zero attached hydrogens (tertiary/aromatic N) is 1. The maximum Gasteiger partial charge on any atom is 0.410 e. The molecule has 0 aromatic carbocycles. The molecular formula is C13H24N2O2. The van der Waals surface area contributed by atoms with Crippen molar-refractivity contribution in [1.82, 2.24) is 4.90 Å². The van der Waals surface area contributed by atoms with Gasteiger partial charge in [-0.25, -0.2) is 4.79 Å². The number of rotatable bonds is 2. The molecule has 1 amide bonds. The summed E-state index contributed by atoms with van der Waals surface area (Å²) in [6.45, 7) is 7.82. The predicted molar refractivity (Wildman–Crippen MR) is 68.8 cm³/mol. The Labute approximate surface area is 104 Å².